The first-order valence-corrected chi connectivity index (χ1v) is 9.26. The number of nitrogens with zero attached hydrogens (tertiary/aromatic N) is 1. The quantitative estimate of drug-likeness (QED) is 0.668. The van der Waals surface area contributed by atoms with Gasteiger partial charge in [0.25, 0.3) is 5.91 Å². The van der Waals surface area contributed by atoms with Crippen molar-refractivity contribution >= 4 is 34.4 Å². The lowest BCUT2D eigenvalue weighted by molar-refractivity contribution is -0.121. The van der Waals surface area contributed by atoms with Gasteiger partial charge in [-0.2, -0.15) is 0 Å². The van der Waals surface area contributed by atoms with Crippen LogP contribution in [0.1, 0.15) is 28.6 Å². The van der Waals surface area contributed by atoms with Gasteiger partial charge in [0, 0.05) is 24.0 Å². The molecule has 0 atom stereocenters. The van der Waals surface area contributed by atoms with E-state index in [1.54, 1.807) is 38.1 Å². The summed E-state index contributed by atoms with van der Waals surface area (Å²) in [7, 11) is 0. The number of furan rings is 1. The zero-order chi connectivity index (χ0) is 20.3. The van der Waals surface area contributed by atoms with Gasteiger partial charge < -0.3 is 14.6 Å². The molecule has 0 saturated carbocycles. The summed E-state index contributed by atoms with van der Waals surface area (Å²) in [4.78, 5) is 26.6. The summed E-state index contributed by atoms with van der Waals surface area (Å²) in [6, 6.07) is 11.2. The number of likely N-dealkylation sites (N-methyl/N-ethyl adjacent to an activating group) is 1. The van der Waals surface area contributed by atoms with Gasteiger partial charge in [0.1, 0.15) is 5.82 Å². The van der Waals surface area contributed by atoms with Crippen LogP contribution in [0, 0.1) is 12.7 Å². The fourth-order valence-corrected chi connectivity index (χ4v) is 3.13. The third-order valence-electron chi connectivity index (χ3n) is 4.52. The van der Waals surface area contributed by atoms with E-state index in [1.807, 2.05) is 6.07 Å². The Bertz CT molecular complexity index is 1010. The van der Waals surface area contributed by atoms with Crippen LogP contribution in [0.3, 0.4) is 0 Å². The second-order valence-electron chi connectivity index (χ2n) is 6.40. The molecule has 3 rings (SSSR count). The second-order valence-corrected chi connectivity index (χ2v) is 6.80. The molecule has 0 saturated heterocycles. The minimum atomic E-state index is -0.371. The highest BCUT2D eigenvalue weighted by molar-refractivity contribution is 6.35. The lowest BCUT2D eigenvalue weighted by Crippen LogP contribution is -2.40. The van der Waals surface area contributed by atoms with Crippen molar-refractivity contribution in [2.24, 2.45) is 0 Å². The Balaban J connectivity index is 1.69. The van der Waals surface area contributed by atoms with Crippen LogP contribution in [-0.4, -0.2) is 29.8 Å². The van der Waals surface area contributed by atoms with Crippen molar-refractivity contribution in [3.63, 3.8) is 0 Å². The molecule has 5 nitrogen and oxygen atoms in total. The van der Waals surface area contributed by atoms with E-state index in [0.717, 1.165) is 10.9 Å². The molecule has 7 heteroatoms. The minimum Gasteiger partial charge on any atom is -0.449 e. The molecule has 0 aliphatic carbocycles. The fraction of sp³-hybridized carbons (Fsp3) is 0.238. The average Bonchev–Trinajstić information content (AvgIpc) is 3.03. The summed E-state index contributed by atoms with van der Waals surface area (Å²) < 4.78 is 18.6. The number of aryl methyl sites for hydroxylation is 1. The lowest BCUT2D eigenvalue weighted by atomic mass is 10.1. The number of hydrogen-bond donors (Lipinski definition) is 1. The zero-order valence-corrected chi connectivity index (χ0v) is 16.3. The molecule has 1 heterocycles. The van der Waals surface area contributed by atoms with Crippen LogP contribution in [-0.2, 0) is 11.3 Å². The average molecular weight is 403 g/mol. The Morgan fingerprint density at radius 2 is 1.89 bits per heavy atom. The number of benzene rings is 2. The Morgan fingerprint density at radius 3 is 2.54 bits per heavy atom. The summed E-state index contributed by atoms with van der Waals surface area (Å²) in [5.41, 5.74) is 1.92. The lowest BCUT2D eigenvalue weighted by Gasteiger charge is -2.19. The van der Waals surface area contributed by atoms with E-state index in [0.29, 0.717) is 22.7 Å². The fourth-order valence-electron chi connectivity index (χ4n) is 2.92. The molecule has 0 unspecified atom stereocenters. The number of fused-ring (bicyclic) bond motifs is 1. The van der Waals surface area contributed by atoms with E-state index < -0.39 is 0 Å². The van der Waals surface area contributed by atoms with Crippen LogP contribution in [0.25, 0.3) is 11.0 Å². The molecule has 0 spiro atoms. The van der Waals surface area contributed by atoms with Crippen LogP contribution in [0.2, 0.25) is 5.02 Å². The van der Waals surface area contributed by atoms with Crippen LogP contribution in [0.4, 0.5) is 4.39 Å². The predicted molar refractivity (Wildman–Crippen MR) is 106 cm³/mol. The first-order chi connectivity index (χ1) is 13.4. The number of amides is 2. The topological polar surface area (TPSA) is 62.6 Å². The Morgan fingerprint density at radius 1 is 1.18 bits per heavy atom. The van der Waals surface area contributed by atoms with Crippen LogP contribution < -0.4 is 5.32 Å². The summed E-state index contributed by atoms with van der Waals surface area (Å²) in [5, 5.41) is 3.93. The normalized spacial score (nSPS) is 10.9. The molecular weight excluding hydrogens is 383 g/mol. The maximum absolute atomic E-state index is 12.9. The van der Waals surface area contributed by atoms with Crippen molar-refractivity contribution in [1.29, 1.82) is 0 Å². The Labute approximate surface area is 167 Å². The summed E-state index contributed by atoms with van der Waals surface area (Å²) >= 11 is 6.15. The molecule has 0 bridgehead atoms. The number of rotatable bonds is 6. The van der Waals surface area contributed by atoms with E-state index >= 15 is 0 Å². The molecule has 0 aliphatic heterocycles. The summed E-state index contributed by atoms with van der Waals surface area (Å²) in [6.45, 7) is 4.06. The first kappa shape index (κ1) is 19.9. The standard InChI is InChI=1S/C21H20ClFN2O3/c1-3-25(12-18(26)24-11-14-7-9-15(23)10-8-14)21(27)19-13(2)16-5-4-6-17(22)20(16)28-19/h4-10H,3,11-12H2,1-2H3,(H,24,26). The number of nitrogens with one attached hydrogen (secondary N) is 1. The highest BCUT2D eigenvalue weighted by Gasteiger charge is 2.24. The first-order valence-electron chi connectivity index (χ1n) is 8.88. The highest BCUT2D eigenvalue weighted by Crippen LogP contribution is 2.31. The van der Waals surface area contributed by atoms with Crippen molar-refractivity contribution in [2.75, 3.05) is 13.1 Å². The van der Waals surface area contributed by atoms with E-state index in [4.69, 9.17) is 16.0 Å². The predicted octanol–water partition coefficient (Wildman–Crippen LogP) is 4.31. The van der Waals surface area contributed by atoms with Gasteiger partial charge in [-0.3, -0.25) is 9.59 Å². The monoisotopic (exact) mass is 402 g/mol. The second kappa shape index (κ2) is 8.44. The molecule has 3 aromatic rings. The Hall–Kier alpha value is -2.86. The van der Waals surface area contributed by atoms with Crippen LogP contribution >= 0.6 is 11.6 Å². The molecular formula is C21H20ClFN2O3. The molecule has 0 aliphatic rings. The van der Waals surface area contributed by atoms with Gasteiger partial charge in [0.15, 0.2) is 11.3 Å². The van der Waals surface area contributed by atoms with Gasteiger partial charge in [-0.05, 0) is 37.6 Å². The highest BCUT2D eigenvalue weighted by atomic mass is 35.5. The summed E-state index contributed by atoms with van der Waals surface area (Å²) in [6.07, 6.45) is 0. The molecule has 2 aromatic carbocycles. The molecule has 146 valence electrons. The third kappa shape index (κ3) is 4.17. The Kier molecular flexibility index (Phi) is 5.99. The van der Waals surface area contributed by atoms with Gasteiger partial charge in [0.2, 0.25) is 5.91 Å². The maximum atomic E-state index is 12.9. The van der Waals surface area contributed by atoms with Gasteiger partial charge in [-0.1, -0.05) is 35.9 Å². The van der Waals surface area contributed by atoms with Crippen LogP contribution in [0.15, 0.2) is 46.9 Å². The number of carbonyl (C=O) groups is 2. The van der Waals surface area contributed by atoms with Crippen molar-refractivity contribution in [3.05, 3.63) is 70.2 Å². The molecule has 1 N–H and O–H groups in total. The van der Waals surface area contributed by atoms with Gasteiger partial charge >= 0.3 is 0 Å². The van der Waals surface area contributed by atoms with E-state index in [-0.39, 0.29) is 36.5 Å². The van der Waals surface area contributed by atoms with Crippen molar-refractivity contribution in [3.8, 4) is 0 Å². The number of carbonyl (C=O) groups excluding carboxylic acids is 2. The van der Waals surface area contributed by atoms with Crippen molar-refractivity contribution in [1.82, 2.24) is 10.2 Å². The van der Waals surface area contributed by atoms with Crippen molar-refractivity contribution in [2.45, 2.75) is 20.4 Å². The number of para-hydroxylation sites is 1. The zero-order valence-electron chi connectivity index (χ0n) is 15.6. The SMILES string of the molecule is CCN(CC(=O)NCc1ccc(F)cc1)C(=O)c1oc2c(Cl)cccc2c1C. The molecule has 0 radical (unpaired) electrons. The van der Waals surface area contributed by atoms with E-state index in [1.165, 1.54) is 17.0 Å². The van der Waals surface area contributed by atoms with Gasteiger partial charge in [-0.15, -0.1) is 0 Å². The maximum Gasteiger partial charge on any atom is 0.290 e. The molecule has 28 heavy (non-hydrogen) atoms. The van der Waals surface area contributed by atoms with Gasteiger partial charge in [-0.25, -0.2) is 4.39 Å². The largest absolute Gasteiger partial charge is 0.449 e. The van der Waals surface area contributed by atoms with Crippen molar-refractivity contribution < 1.29 is 18.4 Å². The molecule has 0 fully saturated rings. The van der Waals surface area contributed by atoms with Crippen LogP contribution in [0.5, 0.6) is 0 Å². The smallest absolute Gasteiger partial charge is 0.290 e. The van der Waals surface area contributed by atoms with E-state index in [2.05, 4.69) is 5.32 Å². The summed E-state index contributed by atoms with van der Waals surface area (Å²) in [5.74, 6) is -0.842. The molecule has 2 amide bonds. The molecule has 1 aromatic heterocycles. The number of hydrogen-bond acceptors (Lipinski definition) is 3. The van der Waals surface area contributed by atoms with E-state index in [9.17, 15) is 14.0 Å². The number of halogens is 2. The van der Waals surface area contributed by atoms with Gasteiger partial charge in [0.05, 0.1) is 11.6 Å². The minimum absolute atomic E-state index is 0.110. The third-order valence-corrected chi connectivity index (χ3v) is 4.81.